The predicted molar refractivity (Wildman–Crippen MR) is 71.4 cm³/mol. The third kappa shape index (κ3) is 3.01. The van der Waals surface area contributed by atoms with Crippen LogP contribution in [0.4, 0.5) is 11.6 Å². The van der Waals surface area contributed by atoms with Crippen molar-refractivity contribution >= 4 is 29.3 Å². The number of anilines is 2. The molecule has 0 aliphatic heterocycles. The van der Waals surface area contributed by atoms with E-state index in [4.69, 9.17) is 5.73 Å². The molecule has 0 fully saturated rings. The number of nitrogens with one attached hydrogen (secondary N) is 1. The second-order valence-corrected chi connectivity index (χ2v) is 4.52. The molecule has 0 bridgehead atoms. The molecule has 0 aliphatic carbocycles. The molecule has 0 aliphatic rings. The number of nitrogens with two attached hydrogens (primary N) is 1. The quantitative estimate of drug-likeness (QED) is 0.808. The monoisotopic (exact) mass is 263 g/mol. The Balaban J connectivity index is 1.92. The highest BCUT2D eigenvalue weighted by molar-refractivity contribution is 7.99. The van der Waals surface area contributed by atoms with Crippen LogP contribution < -0.4 is 10.6 Å². The van der Waals surface area contributed by atoms with E-state index in [1.807, 2.05) is 30.3 Å². The number of thioether (sulfide) groups is 1. The first-order valence-corrected chi connectivity index (χ1v) is 6.27. The molecular formula is C11H13N5OS. The molecular weight excluding hydrogens is 250 g/mol. The summed E-state index contributed by atoms with van der Waals surface area (Å²) in [6.45, 7) is 0. The molecule has 2 aromatic rings. The lowest BCUT2D eigenvalue weighted by atomic mass is 10.3. The molecule has 18 heavy (non-hydrogen) atoms. The van der Waals surface area contributed by atoms with Gasteiger partial charge in [-0.1, -0.05) is 30.0 Å². The fourth-order valence-electron chi connectivity index (χ4n) is 1.34. The summed E-state index contributed by atoms with van der Waals surface area (Å²) in [5.41, 5.74) is 6.26. The van der Waals surface area contributed by atoms with Crippen molar-refractivity contribution in [3.05, 3.63) is 30.3 Å². The summed E-state index contributed by atoms with van der Waals surface area (Å²) in [4.78, 5) is 17.4. The molecule has 1 aromatic heterocycles. The van der Waals surface area contributed by atoms with Crippen LogP contribution in [0.2, 0.25) is 0 Å². The average Bonchev–Trinajstić information content (AvgIpc) is 2.82. The number of benzene rings is 1. The van der Waals surface area contributed by atoms with Crippen molar-refractivity contribution in [2.24, 2.45) is 0 Å². The lowest BCUT2D eigenvalue weighted by molar-refractivity contribution is -0.115. The van der Waals surface area contributed by atoms with Crippen molar-refractivity contribution < 1.29 is 4.79 Å². The van der Waals surface area contributed by atoms with Crippen LogP contribution in [0.25, 0.3) is 0 Å². The van der Waals surface area contributed by atoms with Crippen LogP contribution in [0.15, 0.2) is 35.5 Å². The summed E-state index contributed by atoms with van der Waals surface area (Å²) >= 11 is 1.25. The van der Waals surface area contributed by atoms with Gasteiger partial charge in [-0.2, -0.15) is 4.98 Å². The maximum Gasteiger partial charge on any atom is 0.237 e. The van der Waals surface area contributed by atoms with E-state index in [1.165, 1.54) is 11.8 Å². The summed E-state index contributed by atoms with van der Waals surface area (Å²) in [6.07, 6.45) is 0. The molecule has 0 saturated carbocycles. The normalized spacial score (nSPS) is 10.3. The first kappa shape index (κ1) is 12.4. The summed E-state index contributed by atoms with van der Waals surface area (Å²) in [5, 5.41) is 6.85. The number of para-hydroxylation sites is 1. The number of carbonyl (C=O) groups is 1. The number of H-pyrrole nitrogens is 1. The largest absolute Gasteiger partial charge is 0.368 e. The van der Waals surface area contributed by atoms with Crippen LogP contribution in [-0.4, -0.2) is 33.9 Å². The standard InChI is InChI=1S/C11H13N5OS/c1-16(8-5-3-2-4-6-8)9(17)7-18-11-13-10(12)14-15-11/h2-6H,7H2,1H3,(H3,12,13,14,15). The molecule has 1 heterocycles. The van der Waals surface area contributed by atoms with Crippen LogP contribution >= 0.6 is 11.8 Å². The summed E-state index contributed by atoms with van der Waals surface area (Å²) in [5.74, 6) is 0.499. The zero-order valence-corrected chi connectivity index (χ0v) is 10.6. The third-order valence-electron chi connectivity index (χ3n) is 2.32. The van der Waals surface area contributed by atoms with Gasteiger partial charge in [0.25, 0.3) is 0 Å². The molecule has 0 atom stereocenters. The minimum absolute atomic E-state index is 0.0189. The summed E-state index contributed by atoms with van der Waals surface area (Å²) in [6, 6.07) is 9.46. The van der Waals surface area contributed by atoms with Gasteiger partial charge in [0.1, 0.15) is 0 Å². The molecule has 3 N–H and O–H groups in total. The van der Waals surface area contributed by atoms with Crippen LogP contribution in [0.3, 0.4) is 0 Å². The fraction of sp³-hybridized carbons (Fsp3) is 0.182. The predicted octanol–water partition coefficient (Wildman–Crippen LogP) is 1.14. The van der Waals surface area contributed by atoms with Gasteiger partial charge >= 0.3 is 0 Å². The van der Waals surface area contributed by atoms with E-state index < -0.39 is 0 Å². The van der Waals surface area contributed by atoms with Crippen molar-refractivity contribution in [1.82, 2.24) is 15.2 Å². The Bertz CT molecular complexity index is 527. The minimum atomic E-state index is -0.0189. The van der Waals surface area contributed by atoms with Gasteiger partial charge in [0.2, 0.25) is 17.0 Å². The summed E-state index contributed by atoms with van der Waals surface area (Å²) < 4.78 is 0. The van der Waals surface area contributed by atoms with Gasteiger partial charge in [0.15, 0.2) is 0 Å². The zero-order chi connectivity index (χ0) is 13.0. The zero-order valence-electron chi connectivity index (χ0n) is 9.83. The second-order valence-electron chi connectivity index (χ2n) is 3.58. The highest BCUT2D eigenvalue weighted by atomic mass is 32.2. The van der Waals surface area contributed by atoms with E-state index in [1.54, 1.807) is 11.9 Å². The number of aromatic amines is 1. The van der Waals surface area contributed by atoms with Gasteiger partial charge in [0.05, 0.1) is 5.75 Å². The van der Waals surface area contributed by atoms with E-state index in [-0.39, 0.29) is 17.6 Å². The minimum Gasteiger partial charge on any atom is -0.368 e. The van der Waals surface area contributed by atoms with E-state index in [2.05, 4.69) is 15.2 Å². The molecule has 1 aromatic carbocycles. The topological polar surface area (TPSA) is 87.9 Å². The van der Waals surface area contributed by atoms with E-state index >= 15 is 0 Å². The third-order valence-corrected chi connectivity index (χ3v) is 3.16. The lowest BCUT2D eigenvalue weighted by Gasteiger charge is -2.16. The molecule has 0 radical (unpaired) electrons. The smallest absolute Gasteiger partial charge is 0.237 e. The number of carbonyl (C=O) groups excluding carboxylic acids is 1. The van der Waals surface area contributed by atoms with Gasteiger partial charge in [-0.15, -0.1) is 5.10 Å². The van der Waals surface area contributed by atoms with E-state index in [0.717, 1.165) is 5.69 Å². The molecule has 6 nitrogen and oxygen atoms in total. The molecule has 1 amide bonds. The highest BCUT2D eigenvalue weighted by Gasteiger charge is 2.12. The number of aromatic nitrogens is 3. The molecule has 0 spiro atoms. The first-order chi connectivity index (χ1) is 8.66. The Morgan fingerprint density at radius 1 is 1.44 bits per heavy atom. The van der Waals surface area contributed by atoms with Gasteiger partial charge in [-0.3, -0.25) is 4.79 Å². The fourth-order valence-corrected chi connectivity index (χ4v) is 2.06. The number of nitrogens with zero attached hydrogens (tertiary/aromatic N) is 3. The maximum atomic E-state index is 11.9. The Hall–Kier alpha value is -2.02. The van der Waals surface area contributed by atoms with Gasteiger partial charge in [-0.25, -0.2) is 5.10 Å². The first-order valence-electron chi connectivity index (χ1n) is 5.29. The molecule has 0 unspecified atom stereocenters. The molecule has 2 rings (SSSR count). The van der Waals surface area contributed by atoms with Crippen molar-refractivity contribution in [2.75, 3.05) is 23.4 Å². The number of amides is 1. The highest BCUT2D eigenvalue weighted by Crippen LogP contribution is 2.16. The maximum absolute atomic E-state index is 11.9. The number of nitrogen functional groups attached to an aromatic ring is 1. The average molecular weight is 263 g/mol. The van der Waals surface area contributed by atoms with Crippen LogP contribution in [0.5, 0.6) is 0 Å². The van der Waals surface area contributed by atoms with Crippen LogP contribution in [0, 0.1) is 0 Å². The van der Waals surface area contributed by atoms with E-state index in [0.29, 0.717) is 5.16 Å². The van der Waals surface area contributed by atoms with Gasteiger partial charge in [-0.05, 0) is 12.1 Å². The second kappa shape index (κ2) is 5.54. The Morgan fingerprint density at radius 2 is 2.17 bits per heavy atom. The Kier molecular flexibility index (Phi) is 3.83. The van der Waals surface area contributed by atoms with Gasteiger partial charge in [0, 0.05) is 12.7 Å². The number of hydrogen-bond acceptors (Lipinski definition) is 5. The van der Waals surface area contributed by atoms with Gasteiger partial charge < -0.3 is 10.6 Å². The number of hydrogen-bond donors (Lipinski definition) is 2. The van der Waals surface area contributed by atoms with Crippen molar-refractivity contribution in [2.45, 2.75) is 5.16 Å². The lowest BCUT2D eigenvalue weighted by Crippen LogP contribution is -2.27. The molecule has 0 saturated heterocycles. The molecule has 7 heteroatoms. The SMILES string of the molecule is CN(C(=O)CSc1n[nH]c(N)n1)c1ccccc1. The van der Waals surface area contributed by atoms with Crippen LogP contribution in [-0.2, 0) is 4.79 Å². The van der Waals surface area contributed by atoms with Crippen molar-refractivity contribution in [1.29, 1.82) is 0 Å². The van der Waals surface area contributed by atoms with Crippen LogP contribution in [0.1, 0.15) is 0 Å². The summed E-state index contributed by atoms with van der Waals surface area (Å²) in [7, 11) is 1.74. The molecule has 94 valence electrons. The van der Waals surface area contributed by atoms with E-state index in [9.17, 15) is 4.79 Å². The Morgan fingerprint density at radius 3 is 2.78 bits per heavy atom. The van der Waals surface area contributed by atoms with Crippen molar-refractivity contribution in [3.63, 3.8) is 0 Å². The van der Waals surface area contributed by atoms with Crippen molar-refractivity contribution in [3.8, 4) is 0 Å². The number of rotatable bonds is 4. The Labute approximate surface area is 109 Å².